The van der Waals surface area contributed by atoms with E-state index in [1.54, 1.807) is 0 Å². The van der Waals surface area contributed by atoms with Crippen molar-refractivity contribution in [3.8, 4) is 0 Å². The van der Waals surface area contributed by atoms with Crippen LogP contribution >= 0.6 is 0 Å². The van der Waals surface area contributed by atoms with Crippen LogP contribution in [0.2, 0.25) is 0 Å². The summed E-state index contributed by atoms with van der Waals surface area (Å²) >= 11 is 0. The van der Waals surface area contributed by atoms with E-state index in [4.69, 9.17) is 0 Å². The third-order valence-corrected chi connectivity index (χ3v) is 15.1. The Kier molecular flexibility index (Phi) is 61.7. The van der Waals surface area contributed by atoms with Crippen LogP contribution in [0.5, 0.6) is 0 Å². The monoisotopic (exact) mass is 825 g/mol. The normalized spacial score (nSPS) is 16.1. The molecule has 0 aromatic carbocycles. The van der Waals surface area contributed by atoms with Crippen LogP contribution in [0, 0.1) is 64.6 Å². The van der Waals surface area contributed by atoms with Gasteiger partial charge in [0.15, 0.2) is 0 Å². The molecule has 0 aliphatic rings. The van der Waals surface area contributed by atoms with Crippen molar-refractivity contribution >= 4 is 0 Å². The van der Waals surface area contributed by atoms with Crippen LogP contribution in [-0.2, 0) is 0 Å². The summed E-state index contributed by atoms with van der Waals surface area (Å²) in [6.45, 7) is 55.5. The standard InChI is InChI=1S/C12H26.C11H24.3C9H20.C8H18/c1-5-7-11(3)9-10-12(4)8-6-2;1-5-7-10(3)9-11(4)8-6-2;2*1-5-7-9(4)8(3)6-2;1-5-9(6-2,7-3)8-4;1-5-7(3)8(4)6-2/h11-12H,5-10H2,1-4H3;10-11H,5-9H2,1-4H3;2*8-9H,5-7H2,1-4H3;5-8H2,1-4H3;7-8H,5-6H2,1-4H3. The van der Waals surface area contributed by atoms with Crippen LogP contribution in [-0.4, -0.2) is 0 Å². The van der Waals surface area contributed by atoms with E-state index in [1.165, 1.54) is 148 Å². The zero-order chi connectivity index (χ0) is 46.5. The summed E-state index contributed by atoms with van der Waals surface area (Å²) in [5.41, 5.74) is 0.667. The molecule has 0 saturated carbocycles. The van der Waals surface area contributed by atoms with Gasteiger partial charge in [-0.1, -0.05) is 307 Å². The van der Waals surface area contributed by atoms with Crippen molar-refractivity contribution in [1.82, 2.24) is 0 Å². The van der Waals surface area contributed by atoms with Crippen LogP contribution in [0.25, 0.3) is 0 Å². The summed E-state index contributed by atoms with van der Waals surface area (Å²) in [4.78, 5) is 0. The molecule has 10 unspecified atom stereocenters. The lowest BCUT2D eigenvalue weighted by molar-refractivity contribution is 0.240. The molecule has 58 heavy (non-hydrogen) atoms. The molecule has 0 aromatic rings. The molecule has 0 nitrogen and oxygen atoms in total. The maximum atomic E-state index is 2.39. The zero-order valence-corrected chi connectivity index (χ0v) is 46.5. The molecule has 0 fully saturated rings. The van der Waals surface area contributed by atoms with Crippen LogP contribution < -0.4 is 0 Å². The topological polar surface area (TPSA) is 0 Å². The highest BCUT2D eigenvalue weighted by Crippen LogP contribution is 2.33. The Labute approximate surface area is 377 Å². The Morgan fingerprint density at radius 1 is 0.241 bits per heavy atom. The van der Waals surface area contributed by atoms with Crippen molar-refractivity contribution < 1.29 is 0 Å². The second-order valence-electron chi connectivity index (χ2n) is 20.4. The van der Waals surface area contributed by atoms with Crippen molar-refractivity contribution in [3.05, 3.63) is 0 Å². The van der Waals surface area contributed by atoms with Crippen LogP contribution in [0.15, 0.2) is 0 Å². The Morgan fingerprint density at radius 3 is 0.621 bits per heavy atom. The first kappa shape index (κ1) is 69.7. The number of hydrogen-bond donors (Lipinski definition) is 0. The molecule has 0 spiro atoms. The summed E-state index contributed by atoms with van der Waals surface area (Å²) in [6.07, 6.45) is 31.5. The summed E-state index contributed by atoms with van der Waals surface area (Å²) in [6, 6.07) is 0. The Hall–Kier alpha value is 0. The highest BCUT2D eigenvalue weighted by molar-refractivity contribution is 4.72. The van der Waals surface area contributed by atoms with Crippen LogP contribution in [0.3, 0.4) is 0 Å². The molecule has 0 amide bonds. The van der Waals surface area contributed by atoms with Gasteiger partial charge in [0.2, 0.25) is 0 Å². The van der Waals surface area contributed by atoms with Crippen LogP contribution in [0.1, 0.15) is 314 Å². The van der Waals surface area contributed by atoms with Gasteiger partial charge in [-0.05, 0) is 71.0 Å². The van der Waals surface area contributed by atoms with Gasteiger partial charge in [-0.2, -0.15) is 0 Å². The summed E-state index contributed by atoms with van der Waals surface area (Å²) in [5, 5.41) is 0. The molecular formula is C58H128. The first-order valence-electron chi connectivity index (χ1n) is 27.3. The average Bonchev–Trinajstić information content (AvgIpc) is 3.21. The van der Waals surface area contributed by atoms with Gasteiger partial charge in [-0.25, -0.2) is 0 Å². The van der Waals surface area contributed by atoms with Gasteiger partial charge < -0.3 is 0 Å². The molecule has 0 rings (SSSR count). The predicted octanol–water partition coefficient (Wildman–Crippen LogP) is 22.5. The molecular weight excluding hydrogens is 697 g/mol. The Balaban J connectivity index is -0.000000141. The second kappa shape index (κ2) is 51.4. The first-order valence-corrected chi connectivity index (χ1v) is 27.3. The van der Waals surface area contributed by atoms with Gasteiger partial charge in [0, 0.05) is 0 Å². The van der Waals surface area contributed by atoms with Crippen molar-refractivity contribution in [2.75, 3.05) is 0 Å². The minimum absolute atomic E-state index is 0.667. The maximum absolute atomic E-state index is 2.39. The van der Waals surface area contributed by atoms with E-state index in [9.17, 15) is 0 Å². The van der Waals surface area contributed by atoms with E-state index in [0.717, 1.165) is 59.2 Å². The molecule has 0 aliphatic heterocycles. The molecule has 360 valence electrons. The van der Waals surface area contributed by atoms with Gasteiger partial charge in [-0.3, -0.25) is 0 Å². The molecule has 0 heterocycles. The number of hydrogen-bond acceptors (Lipinski definition) is 0. The van der Waals surface area contributed by atoms with E-state index in [-0.39, 0.29) is 0 Å². The molecule has 0 heteroatoms. The Morgan fingerprint density at radius 2 is 0.448 bits per heavy atom. The lowest BCUT2D eigenvalue weighted by Crippen LogP contribution is -2.15. The lowest BCUT2D eigenvalue weighted by Gasteiger charge is -2.28. The summed E-state index contributed by atoms with van der Waals surface area (Å²) in [5.74, 6) is 9.33. The van der Waals surface area contributed by atoms with E-state index in [2.05, 4.69) is 166 Å². The van der Waals surface area contributed by atoms with Crippen LogP contribution in [0.4, 0.5) is 0 Å². The zero-order valence-electron chi connectivity index (χ0n) is 46.5. The number of rotatable bonds is 28. The molecule has 10 atom stereocenters. The van der Waals surface area contributed by atoms with Gasteiger partial charge in [-0.15, -0.1) is 0 Å². The quantitative estimate of drug-likeness (QED) is 0.0737. The van der Waals surface area contributed by atoms with Gasteiger partial charge in [0.1, 0.15) is 0 Å². The van der Waals surface area contributed by atoms with Gasteiger partial charge in [0.25, 0.3) is 0 Å². The van der Waals surface area contributed by atoms with Crippen molar-refractivity contribution in [2.45, 2.75) is 314 Å². The van der Waals surface area contributed by atoms with Gasteiger partial charge >= 0.3 is 0 Å². The first-order chi connectivity index (χ1) is 27.3. The smallest absolute Gasteiger partial charge is 0.0308 e. The highest BCUT2D eigenvalue weighted by Gasteiger charge is 2.20. The summed E-state index contributed by atoms with van der Waals surface area (Å²) < 4.78 is 0. The lowest BCUT2D eigenvalue weighted by atomic mass is 9.78. The van der Waals surface area contributed by atoms with Crippen molar-refractivity contribution in [1.29, 1.82) is 0 Å². The SMILES string of the molecule is CCC(C)C(C)CC.CCC(CC)(CC)CC.CCCC(C)C(C)CC.CCCC(C)C(C)CC.CCCC(C)CC(C)CCC.CCCC(C)CCC(C)CCC. The molecule has 0 radical (unpaired) electrons. The van der Waals surface area contributed by atoms with E-state index < -0.39 is 0 Å². The molecule has 0 aliphatic carbocycles. The highest BCUT2D eigenvalue weighted by atomic mass is 14.3. The minimum Gasteiger partial charge on any atom is -0.0654 e. The predicted molar refractivity (Wildman–Crippen MR) is 280 cm³/mol. The third-order valence-electron chi connectivity index (χ3n) is 15.1. The van der Waals surface area contributed by atoms with E-state index >= 15 is 0 Å². The van der Waals surface area contributed by atoms with E-state index in [0.29, 0.717) is 5.41 Å². The third kappa shape index (κ3) is 48.7. The fourth-order valence-electron chi connectivity index (χ4n) is 8.34. The van der Waals surface area contributed by atoms with Gasteiger partial charge in [0.05, 0.1) is 0 Å². The molecule has 0 aromatic heterocycles. The second-order valence-corrected chi connectivity index (χ2v) is 20.4. The molecule has 0 N–H and O–H groups in total. The van der Waals surface area contributed by atoms with Crippen molar-refractivity contribution in [3.63, 3.8) is 0 Å². The fraction of sp³-hybridized carbons (Fsp3) is 1.00. The minimum atomic E-state index is 0.667. The Bertz CT molecular complexity index is 623. The van der Waals surface area contributed by atoms with Crippen molar-refractivity contribution in [2.24, 2.45) is 64.6 Å². The maximum Gasteiger partial charge on any atom is -0.0308 e. The average molecular weight is 826 g/mol. The largest absolute Gasteiger partial charge is 0.0654 e. The van der Waals surface area contributed by atoms with E-state index in [1.807, 2.05) is 0 Å². The molecule has 0 bridgehead atoms. The fourth-order valence-corrected chi connectivity index (χ4v) is 8.34. The molecule has 0 saturated heterocycles. The summed E-state index contributed by atoms with van der Waals surface area (Å²) in [7, 11) is 0.